The molecule has 0 amide bonds. The van der Waals surface area contributed by atoms with Crippen LogP contribution in [-0.2, 0) is 26.5 Å². The molecule has 4 rings (SSSR count). The second kappa shape index (κ2) is 9.14. The molecule has 0 saturated carbocycles. The molecule has 0 fully saturated rings. The van der Waals surface area contributed by atoms with Crippen molar-refractivity contribution in [1.82, 2.24) is 0 Å². The first-order chi connectivity index (χ1) is 16.4. The number of aryl methyl sites for hydroxylation is 2. The Hall–Kier alpha value is -3.15. The molecule has 0 saturated heterocycles. The summed E-state index contributed by atoms with van der Waals surface area (Å²) in [4.78, 5) is 10.8. The number of fused-ring (bicyclic) bond motifs is 1. The van der Waals surface area contributed by atoms with Gasteiger partial charge in [-0.1, -0.05) is 35.9 Å². The van der Waals surface area contributed by atoms with E-state index < -0.39 is 36.7 Å². The van der Waals surface area contributed by atoms with Gasteiger partial charge in [0.15, 0.2) is 5.82 Å². The molecule has 12 heteroatoms. The molecule has 0 radical (unpaired) electrons. The summed E-state index contributed by atoms with van der Waals surface area (Å²) in [6.45, 7) is 1.58. The Morgan fingerprint density at radius 1 is 1.09 bits per heavy atom. The summed E-state index contributed by atoms with van der Waals surface area (Å²) in [6.07, 6.45) is 1.02. The van der Waals surface area contributed by atoms with Gasteiger partial charge in [-0.3, -0.25) is 9.03 Å². The van der Waals surface area contributed by atoms with Crippen molar-refractivity contribution in [1.29, 1.82) is 0 Å². The maximum atomic E-state index is 14.3. The molecule has 1 aliphatic heterocycles. The summed E-state index contributed by atoms with van der Waals surface area (Å²) in [5.74, 6) is -2.49. The van der Waals surface area contributed by atoms with Gasteiger partial charge in [-0.2, -0.15) is 0 Å². The number of rotatable bonds is 6. The van der Waals surface area contributed by atoms with Crippen molar-refractivity contribution in [3.63, 3.8) is 0 Å². The Balaban J connectivity index is 1.78. The highest BCUT2D eigenvalue weighted by Crippen LogP contribution is 2.36. The summed E-state index contributed by atoms with van der Waals surface area (Å²) in [6, 6.07) is 12.1. The second-order valence-electron chi connectivity index (χ2n) is 7.94. The van der Waals surface area contributed by atoms with Crippen molar-refractivity contribution < 1.29 is 31.1 Å². The minimum Gasteiger partial charge on any atom is -0.478 e. The lowest BCUT2D eigenvalue weighted by Crippen LogP contribution is -2.36. The molecule has 1 aliphatic rings. The third-order valence-electron chi connectivity index (χ3n) is 5.61. The summed E-state index contributed by atoms with van der Waals surface area (Å²) < 4.78 is 70.6. The number of carboxylic acid groups (broad SMARTS) is 1. The lowest BCUT2D eigenvalue weighted by atomic mass is 10.0. The van der Waals surface area contributed by atoms with Crippen LogP contribution in [0.4, 0.5) is 15.8 Å². The molecule has 0 bridgehead atoms. The van der Waals surface area contributed by atoms with Gasteiger partial charge in [0.2, 0.25) is 0 Å². The number of anilines is 2. The molecular weight excluding hydrogens is 519 g/mol. The predicted octanol–water partition coefficient (Wildman–Crippen LogP) is 4.43. The van der Waals surface area contributed by atoms with Crippen molar-refractivity contribution in [3.05, 3.63) is 82.1 Å². The third kappa shape index (κ3) is 4.58. The van der Waals surface area contributed by atoms with Crippen LogP contribution in [0.2, 0.25) is 5.02 Å². The van der Waals surface area contributed by atoms with Crippen LogP contribution < -0.4 is 9.03 Å². The van der Waals surface area contributed by atoms with Crippen molar-refractivity contribution >= 4 is 49.0 Å². The van der Waals surface area contributed by atoms with Gasteiger partial charge in [-0.05, 0) is 61.2 Å². The molecule has 1 heterocycles. The fourth-order valence-corrected chi connectivity index (χ4v) is 7.34. The topological polar surface area (TPSA) is 121 Å². The van der Waals surface area contributed by atoms with Crippen LogP contribution in [0.25, 0.3) is 0 Å². The van der Waals surface area contributed by atoms with E-state index in [1.165, 1.54) is 49.4 Å². The van der Waals surface area contributed by atoms with Crippen LogP contribution >= 0.6 is 11.6 Å². The SMILES string of the molecule is Cc1cccc(C(=O)O)c1S(=O)(=O)N1CCCc2ccc(NS(=O)(=O)c3cccc(Cl)c3F)cc21. The number of halogens is 2. The number of hydrogen-bond donors (Lipinski definition) is 2. The number of nitrogens with zero attached hydrogens (tertiary/aromatic N) is 1. The van der Waals surface area contributed by atoms with E-state index >= 15 is 0 Å². The number of carbonyl (C=O) groups is 1. The molecule has 8 nitrogen and oxygen atoms in total. The highest BCUT2D eigenvalue weighted by Gasteiger charge is 2.34. The van der Waals surface area contributed by atoms with Gasteiger partial charge in [-0.25, -0.2) is 26.0 Å². The number of carboxylic acids is 1. The Morgan fingerprint density at radius 2 is 1.80 bits per heavy atom. The number of hydrogen-bond acceptors (Lipinski definition) is 5. The van der Waals surface area contributed by atoms with Gasteiger partial charge < -0.3 is 5.11 Å². The van der Waals surface area contributed by atoms with Crippen LogP contribution in [-0.4, -0.2) is 34.5 Å². The van der Waals surface area contributed by atoms with Gasteiger partial charge in [0.05, 0.1) is 22.0 Å². The zero-order valence-corrected chi connectivity index (χ0v) is 20.7. The zero-order chi connectivity index (χ0) is 25.5. The van der Waals surface area contributed by atoms with E-state index in [9.17, 15) is 31.1 Å². The highest BCUT2D eigenvalue weighted by atomic mass is 35.5. The Bertz CT molecular complexity index is 1560. The van der Waals surface area contributed by atoms with E-state index in [-0.39, 0.29) is 39.0 Å². The molecule has 0 unspecified atom stereocenters. The molecule has 2 N–H and O–H groups in total. The molecule has 0 spiro atoms. The first kappa shape index (κ1) is 25.0. The maximum absolute atomic E-state index is 14.3. The quantitative estimate of drug-likeness (QED) is 0.479. The summed E-state index contributed by atoms with van der Waals surface area (Å²) in [5.41, 5.74) is 0.772. The largest absolute Gasteiger partial charge is 0.478 e. The maximum Gasteiger partial charge on any atom is 0.337 e. The van der Waals surface area contributed by atoms with E-state index in [1.54, 1.807) is 6.07 Å². The summed E-state index contributed by atoms with van der Waals surface area (Å²) >= 11 is 5.71. The van der Waals surface area contributed by atoms with Crippen molar-refractivity contribution in [2.24, 2.45) is 0 Å². The predicted molar refractivity (Wildman–Crippen MR) is 130 cm³/mol. The van der Waals surface area contributed by atoms with Gasteiger partial charge in [0, 0.05) is 6.54 Å². The van der Waals surface area contributed by atoms with Crippen molar-refractivity contribution in [3.8, 4) is 0 Å². The first-order valence-electron chi connectivity index (χ1n) is 10.4. The van der Waals surface area contributed by atoms with Gasteiger partial charge in [-0.15, -0.1) is 0 Å². The van der Waals surface area contributed by atoms with Crippen molar-refractivity contribution in [2.75, 3.05) is 15.6 Å². The minimum atomic E-state index is -4.38. The van der Waals surface area contributed by atoms with Crippen molar-refractivity contribution in [2.45, 2.75) is 29.6 Å². The van der Waals surface area contributed by atoms with Crippen LogP contribution in [0.3, 0.4) is 0 Å². The van der Waals surface area contributed by atoms with Gasteiger partial charge >= 0.3 is 5.97 Å². The molecule has 0 aliphatic carbocycles. The normalized spacial score (nSPS) is 13.9. The van der Waals surface area contributed by atoms with E-state index in [1.807, 2.05) is 0 Å². The summed E-state index contributed by atoms with van der Waals surface area (Å²) in [5, 5.41) is 9.21. The smallest absolute Gasteiger partial charge is 0.337 e. The van der Waals surface area contributed by atoms with E-state index in [0.717, 1.165) is 10.4 Å². The minimum absolute atomic E-state index is 0.00784. The average Bonchev–Trinajstić information content (AvgIpc) is 2.79. The van der Waals surface area contributed by atoms with Crippen LogP contribution in [0, 0.1) is 12.7 Å². The molecule has 184 valence electrons. The Kier molecular flexibility index (Phi) is 6.52. The van der Waals surface area contributed by atoms with Crippen LogP contribution in [0.5, 0.6) is 0 Å². The third-order valence-corrected chi connectivity index (χ3v) is 9.32. The highest BCUT2D eigenvalue weighted by molar-refractivity contribution is 7.93. The molecule has 35 heavy (non-hydrogen) atoms. The first-order valence-corrected chi connectivity index (χ1v) is 13.7. The molecule has 3 aromatic rings. The average molecular weight is 539 g/mol. The number of aromatic carboxylic acids is 1. The van der Waals surface area contributed by atoms with E-state index in [2.05, 4.69) is 4.72 Å². The fraction of sp³-hybridized carbons (Fsp3) is 0.174. The van der Waals surface area contributed by atoms with Crippen LogP contribution in [0.1, 0.15) is 27.9 Å². The van der Waals surface area contributed by atoms with Gasteiger partial charge in [0.1, 0.15) is 9.79 Å². The molecule has 3 aromatic carbocycles. The standard InChI is InChI=1S/C23H20ClFN2O6S2/c1-14-5-2-7-17(23(28)29)22(14)35(32,33)27-12-4-6-15-10-11-16(13-19(15)27)26-34(30,31)20-9-3-8-18(24)21(20)25/h2-3,5,7-11,13,26H,4,6,12H2,1H3,(H,28,29). The van der Waals surface area contributed by atoms with E-state index in [4.69, 9.17) is 11.6 Å². The number of sulfonamides is 2. The summed E-state index contributed by atoms with van der Waals surface area (Å²) in [7, 11) is -8.69. The molecular formula is C23H20ClFN2O6S2. The fourth-order valence-electron chi connectivity index (χ4n) is 4.03. The molecule has 0 aromatic heterocycles. The van der Waals surface area contributed by atoms with E-state index in [0.29, 0.717) is 18.4 Å². The number of benzene rings is 3. The lowest BCUT2D eigenvalue weighted by Gasteiger charge is -2.31. The lowest BCUT2D eigenvalue weighted by molar-refractivity contribution is 0.0692. The second-order valence-corrected chi connectivity index (χ2v) is 11.8. The molecule has 0 atom stereocenters. The Labute approximate surface area is 207 Å². The Morgan fingerprint density at radius 3 is 2.51 bits per heavy atom. The number of nitrogens with one attached hydrogen (secondary N) is 1. The monoisotopic (exact) mass is 538 g/mol. The van der Waals surface area contributed by atoms with Gasteiger partial charge in [0.25, 0.3) is 20.0 Å². The van der Waals surface area contributed by atoms with Crippen LogP contribution in [0.15, 0.2) is 64.4 Å². The zero-order valence-electron chi connectivity index (χ0n) is 18.3.